The fourth-order valence-corrected chi connectivity index (χ4v) is 3.20. The van der Waals surface area contributed by atoms with E-state index in [1.807, 2.05) is 37.4 Å². The first-order valence-corrected chi connectivity index (χ1v) is 9.39. The summed E-state index contributed by atoms with van der Waals surface area (Å²) in [6.07, 6.45) is -0.471. The molecule has 1 heterocycles. The highest BCUT2D eigenvalue weighted by atomic mass is 16.5. The molecule has 0 unspecified atom stereocenters. The van der Waals surface area contributed by atoms with E-state index in [4.69, 9.17) is 0 Å². The van der Waals surface area contributed by atoms with Gasteiger partial charge in [0.25, 0.3) is 0 Å². The molecule has 1 aliphatic rings. The van der Waals surface area contributed by atoms with Crippen LogP contribution in [0.4, 0.5) is 16.2 Å². The molecular weight excluding hydrogens is 354 g/mol. The number of para-hydroxylation sites is 1. The Hall–Kier alpha value is -3.22. The van der Waals surface area contributed by atoms with Gasteiger partial charge in [-0.3, -0.25) is 10.3 Å². The van der Waals surface area contributed by atoms with Crippen molar-refractivity contribution in [3.63, 3.8) is 0 Å². The third kappa shape index (κ3) is 5.16. The molecule has 7 nitrogen and oxygen atoms in total. The summed E-state index contributed by atoms with van der Waals surface area (Å²) in [5, 5.41) is 6.07. The van der Waals surface area contributed by atoms with Crippen molar-refractivity contribution < 1.29 is 9.53 Å². The number of rotatable bonds is 4. The van der Waals surface area contributed by atoms with E-state index in [0.717, 1.165) is 37.7 Å². The predicted molar refractivity (Wildman–Crippen MR) is 113 cm³/mol. The molecule has 2 aromatic carbocycles. The van der Waals surface area contributed by atoms with Gasteiger partial charge in [-0.15, -0.1) is 0 Å². The van der Waals surface area contributed by atoms with E-state index >= 15 is 0 Å². The number of guanidine groups is 1. The van der Waals surface area contributed by atoms with Gasteiger partial charge in [0.15, 0.2) is 5.96 Å². The number of hydrogen-bond donors (Lipinski definition) is 2. The Morgan fingerprint density at radius 3 is 2.32 bits per heavy atom. The van der Waals surface area contributed by atoms with Gasteiger partial charge < -0.3 is 19.9 Å². The number of hydrogen-bond acceptors (Lipinski definition) is 4. The molecule has 0 spiro atoms. The van der Waals surface area contributed by atoms with Crippen LogP contribution in [-0.2, 0) is 11.3 Å². The second-order valence-electron chi connectivity index (χ2n) is 6.52. The zero-order valence-electron chi connectivity index (χ0n) is 16.4. The maximum absolute atomic E-state index is 11.2. The number of carbonyl (C=O) groups is 1. The van der Waals surface area contributed by atoms with Gasteiger partial charge in [-0.1, -0.05) is 30.3 Å². The van der Waals surface area contributed by atoms with Crippen molar-refractivity contribution in [3.05, 3.63) is 60.2 Å². The molecule has 1 saturated heterocycles. The largest absolute Gasteiger partial charge is 0.453 e. The minimum Gasteiger partial charge on any atom is -0.453 e. The first kappa shape index (κ1) is 19.5. The van der Waals surface area contributed by atoms with Gasteiger partial charge >= 0.3 is 6.09 Å². The minimum atomic E-state index is -0.471. The van der Waals surface area contributed by atoms with Crippen LogP contribution in [0, 0.1) is 0 Å². The summed E-state index contributed by atoms with van der Waals surface area (Å²) >= 11 is 0. The number of aliphatic imine (C=N–C) groups is 1. The molecule has 2 N–H and O–H groups in total. The lowest BCUT2D eigenvalue weighted by Crippen LogP contribution is -2.52. The summed E-state index contributed by atoms with van der Waals surface area (Å²) in [7, 11) is 3.16. The molecule has 1 aliphatic heterocycles. The van der Waals surface area contributed by atoms with Gasteiger partial charge in [-0.05, 0) is 29.8 Å². The molecule has 7 heteroatoms. The van der Waals surface area contributed by atoms with Crippen molar-refractivity contribution in [2.75, 3.05) is 50.6 Å². The molecule has 0 aromatic heterocycles. The van der Waals surface area contributed by atoms with Gasteiger partial charge in [0, 0.05) is 51.1 Å². The van der Waals surface area contributed by atoms with E-state index in [1.165, 1.54) is 12.8 Å². The van der Waals surface area contributed by atoms with Gasteiger partial charge in [0.1, 0.15) is 0 Å². The van der Waals surface area contributed by atoms with Crippen LogP contribution in [0.25, 0.3) is 0 Å². The van der Waals surface area contributed by atoms with Crippen molar-refractivity contribution in [3.8, 4) is 0 Å². The quantitative estimate of drug-likeness (QED) is 0.630. The fraction of sp³-hybridized carbons (Fsp3) is 0.333. The van der Waals surface area contributed by atoms with E-state index in [2.05, 4.69) is 54.4 Å². The molecule has 148 valence electrons. The topological polar surface area (TPSA) is 69.2 Å². The molecule has 0 radical (unpaired) electrons. The summed E-state index contributed by atoms with van der Waals surface area (Å²) in [5.41, 5.74) is 3.09. The highest BCUT2D eigenvalue weighted by Gasteiger charge is 2.19. The summed E-state index contributed by atoms with van der Waals surface area (Å²) in [5.74, 6) is 0.907. The zero-order valence-corrected chi connectivity index (χ0v) is 16.4. The second kappa shape index (κ2) is 9.64. The fourth-order valence-electron chi connectivity index (χ4n) is 3.20. The van der Waals surface area contributed by atoms with E-state index in [1.54, 1.807) is 0 Å². The molecule has 3 rings (SSSR count). The lowest BCUT2D eigenvalue weighted by Gasteiger charge is -2.37. The predicted octanol–water partition coefficient (Wildman–Crippen LogP) is 2.76. The molecule has 0 aliphatic carbocycles. The number of carbonyl (C=O) groups excluding carboxylic acids is 1. The molecule has 0 atom stereocenters. The summed E-state index contributed by atoms with van der Waals surface area (Å²) in [6.45, 7) is 4.47. The van der Waals surface area contributed by atoms with Crippen LogP contribution in [0.15, 0.2) is 59.6 Å². The van der Waals surface area contributed by atoms with Crippen molar-refractivity contribution in [2.24, 2.45) is 4.99 Å². The number of methoxy groups -OCH3 is 1. The van der Waals surface area contributed by atoms with Gasteiger partial charge in [-0.2, -0.15) is 0 Å². The number of nitrogens with one attached hydrogen (secondary N) is 2. The lowest BCUT2D eigenvalue weighted by molar-refractivity contribution is 0.187. The van der Waals surface area contributed by atoms with Crippen LogP contribution in [-0.4, -0.2) is 57.3 Å². The normalized spacial score (nSPS) is 14.6. The standard InChI is InChI=1S/C21H27N5O2/c1-22-20(23-16-17-8-10-18(11-9-17)24-21(27)28-2)26-14-12-25(13-15-26)19-6-4-3-5-7-19/h3-11H,12-16H2,1-2H3,(H,22,23)(H,24,27). The summed E-state index contributed by atoms with van der Waals surface area (Å²) in [6, 6.07) is 18.2. The van der Waals surface area contributed by atoms with Crippen LogP contribution >= 0.6 is 0 Å². The van der Waals surface area contributed by atoms with Crippen LogP contribution in [0.3, 0.4) is 0 Å². The summed E-state index contributed by atoms with van der Waals surface area (Å²) < 4.78 is 4.59. The molecule has 0 bridgehead atoms. The smallest absolute Gasteiger partial charge is 0.411 e. The van der Waals surface area contributed by atoms with Gasteiger partial charge in [-0.25, -0.2) is 4.79 Å². The summed E-state index contributed by atoms with van der Waals surface area (Å²) in [4.78, 5) is 20.4. The van der Waals surface area contributed by atoms with Crippen LogP contribution in [0.5, 0.6) is 0 Å². The molecule has 28 heavy (non-hydrogen) atoms. The highest BCUT2D eigenvalue weighted by Crippen LogP contribution is 2.16. The number of ether oxygens (including phenoxy) is 1. The van der Waals surface area contributed by atoms with Crippen LogP contribution < -0.4 is 15.5 Å². The maximum atomic E-state index is 11.2. The molecule has 0 saturated carbocycles. The van der Waals surface area contributed by atoms with Crippen molar-refractivity contribution in [2.45, 2.75) is 6.54 Å². The molecule has 2 aromatic rings. The SMILES string of the molecule is CN=C(NCc1ccc(NC(=O)OC)cc1)N1CCN(c2ccccc2)CC1. The van der Waals surface area contributed by atoms with E-state index in [9.17, 15) is 4.79 Å². The van der Waals surface area contributed by atoms with E-state index < -0.39 is 6.09 Å². The minimum absolute atomic E-state index is 0.471. The molecule has 1 fully saturated rings. The third-order valence-corrected chi connectivity index (χ3v) is 4.75. The van der Waals surface area contributed by atoms with Gasteiger partial charge in [0.2, 0.25) is 0 Å². The van der Waals surface area contributed by atoms with Crippen LogP contribution in [0.1, 0.15) is 5.56 Å². The third-order valence-electron chi connectivity index (χ3n) is 4.75. The Labute approximate surface area is 166 Å². The van der Waals surface area contributed by atoms with Gasteiger partial charge in [0.05, 0.1) is 7.11 Å². The Morgan fingerprint density at radius 1 is 1.04 bits per heavy atom. The van der Waals surface area contributed by atoms with Crippen LogP contribution in [0.2, 0.25) is 0 Å². The Kier molecular flexibility index (Phi) is 6.73. The molecule has 1 amide bonds. The van der Waals surface area contributed by atoms with Crippen molar-refractivity contribution in [1.29, 1.82) is 0 Å². The average Bonchev–Trinajstić information content (AvgIpc) is 2.76. The average molecular weight is 381 g/mol. The Morgan fingerprint density at radius 2 is 1.71 bits per heavy atom. The second-order valence-corrected chi connectivity index (χ2v) is 6.52. The number of amides is 1. The number of anilines is 2. The maximum Gasteiger partial charge on any atom is 0.411 e. The highest BCUT2D eigenvalue weighted by molar-refractivity contribution is 5.84. The Balaban J connectivity index is 1.49. The number of benzene rings is 2. The zero-order chi connectivity index (χ0) is 19.8. The lowest BCUT2D eigenvalue weighted by atomic mass is 10.2. The Bertz CT molecular complexity index is 784. The first-order valence-electron chi connectivity index (χ1n) is 9.39. The number of piperazine rings is 1. The number of nitrogens with zero attached hydrogens (tertiary/aromatic N) is 3. The molecular formula is C21H27N5O2. The van der Waals surface area contributed by atoms with E-state index in [-0.39, 0.29) is 0 Å². The monoisotopic (exact) mass is 381 g/mol. The van der Waals surface area contributed by atoms with Crippen molar-refractivity contribution in [1.82, 2.24) is 10.2 Å². The van der Waals surface area contributed by atoms with E-state index in [0.29, 0.717) is 12.2 Å². The van der Waals surface area contributed by atoms with Crippen molar-refractivity contribution >= 4 is 23.4 Å². The first-order chi connectivity index (χ1) is 13.7.